The number of amides is 1. The van der Waals surface area contributed by atoms with Gasteiger partial charge in [0.1, 0.15) is 11.2 Å². The molecule has 1 rings (SSSR count). The standard InChI is InChI=1S/C13H15ClN4O/c1-3-12(19)18(4-2)11(13(14)15)9-17-10-6-5-7-16-8-10/h3,5-9,11,15H,1,4H2,2H3. The molecule has 1 atom stereocenters. The maximum Gasteiger partial charge on any atom is 0.246 e. The third-order valence-corrected chi connectivity index (χ3v) is 2.63. The fraction of sp³-hybridized carbons (Fsp3) is 0.231. The Hall–Kier alpha value is -2.01. The number of likely N-dealkylation sites (N-methyl/N-ethyl adjacent to an activating group) is 1. The summed E-state index contributed by atoms with van der Waals surface area (Å²) in [4.78, 5) is 21.2. The summed E-state index contributed by atoms with van der Waals surface area (Å²) in [5, 5.41) is 7.37. The van der Waals surface area contributed by atoms with Crippen LogP contribution in [-0.4, -0.2) is 39.8 Å². The van der Waals surface area contributed by atoms with Crippen LogP contribution in [0.25, 0.3) is 0 Å². The first-order valence-corrected chi connectivity index (χ1v) is 6.09. The highest BCUT2D eigenvalue weighted by atomic mass is 35.5. The molecule has 1 unspecified atom stereocenters. The summed E-state index contributed by atoms with van der Waals surface area (Å²) in [6.07, 6.45) is 5.86. The monoisotopic (exact) mass is 278 g/mol. The lowest BCUT2D eigenvalue weighted by Gasteiger charge is -2.25. The van der Waals surface area contributed by atoms with E-state index in [2.05, 4.69) is 16.6 Å². The molecule has 1 aromatic rings. The van der Waals surface area contributed by atoms with Gasteiger partial charge in [0.05, 0.1) is 11.9 Å². The van der Waals surface area contributed by atoms with Crippen LogP contribution in [0.5, 0.6) is 0 Å². The molecule has 0 spiro atoms. The lowest BCUT2D eigenvalue weighted by Crippen LogP contribution is -2.43. The molecule has 0 aliphatic heterocycles. The molecule has 1 aromatic heterocycles. The summed E-state index contributed by atoms with van der Waals surface area (Å²) in [6, 6.07) is 2.82. The lowest BCUT2D eigenvalue weighted by molar-refractivity contribution is -0.125. The van der Waals surface area contributed by atoms with Crippen LogP contribution in [-0.2, 0) is 4.79 Å². The zero-order valence-electron chi connectivity index (χ0n) is 10.6. The highest BCUT2D eigenvalue weighted by Gasteiger charge is 2.21. The van der Waals surface area contributed by atoms with Gasteiger partial charge in [0.15, 0.2) is 0 Å². The Balaban J connectivity index is 2.95. The quantitative estimate of drug-likeness (QED) is 0.641. The number of aromatic nitrogens is 1. The first-order chi connectivity index (χ1) is 9.10. The van der Waals surface area contributed by atoms with Gasteiger partial charge in [-0.15, -0.1) is 0 Å². The molecule has 100 valence electrons. The summed E-state index contributed by atoms with van der Waals surface area (Å²) in [7, 11) is 0. The Labute approximate surface area is 117 Å². The number of nitrogens with one attached hydrogen (secondary N) is 1. The van der Waals surface area contributed by atoms with Crippen molar-refractivity contribution in [2.75, 3.05) is 6.54 Å². The summed E-state index contributed by atoms with van der Waals surface area (Å²) in [5.74, 6) is -0.296. The normalized spacial score (nSPS) is 12.1. The number of nitrogens with zero attached hydrogens (tertiary/aromatic N) is 3. The average Bonchev–Trinajstić information content (AvgIpc) is 2.43. The zero-order chi connectivity index (χ0) is 14.3. The van der Waals surface area contributed by atoms with Gasteiger partial charge in [-0.3, -0.25) is 20.2 Å². The van der Waals surface area contributed by atoms with Crippen LogP contribution < -0.4 is 0 Å². The van der Waals surface area contributed by atoms with Crippen LogP contribution in [0.1, 0.15) is 6.92 Å². The van der Waals surface area contributed by atoms with Crippen molar-refractivity contribution in [3.05, 3.63) is 37.2 Å². The van der Waals surface area contributed by atoms with Gasteiger partial charge >= 0.3 is 0 Å². The summed E-state index contributed by atoms with van der Waals surface area (Å²) < 4.78 is 0. The second-order valence-electron chi connectivity index (χ2n) is 3.61. The minimum Gasteiger partial charge on any atom is -0.325 e. The SMILES string of the molecule is C=CC(=O)N(CC)C(C=Nc1cccnc1)C(=N)Cl. The molecule has 0 aromatic carbocycles. The summed E-state index contributed by atoms with van der Waals surface area (Å²) in [5.41, 5.74) is 0.632. The number of hydrogen-bond donors (Lipinski definition) is 1. The van der Waals surface area contributed by atoms with E-state index in [4.69, 9.17) is 17.0 Å². The van der Waals surface area contributed by atoms with E-state index >= 15 is 0 Å². The third kappa shape index (κ3) is 4.30. The molecule has 1 amide bonds. The molecular formula is C13H15ClN4O. The summed E-state index contributed by atoms with van der Waals surface area (Å²) in [6.45, 7) is 5.63. The van der Waals surface area contributed by atoms with E-state index in [-0.39, 0.29) is 11.1 Å². The van der Waals surface area contributed by atoms with E-state index in [9.17, 15) is 4.79 Å². The van der Waals surface area contributed by atoms with Gasteiger partial charge in [0.2, 0.25) is 5.91 Å². The van der Waals surface area contributed by atoms with E-state index in [1.807, 2.05) is 0 Å². The first-order valence-electron chi connectivity index (χ1n) is 5.71. The van der Waals surface area contributed by atoms with Crippen molar-refractivity contribution < 1.29 is 4.79 Å². The van der Waals surface area contributed by atoms with E-state index in [1.54, 1.807) is 31.5 Å². The molecule has 0 fully saturated rings. The van der Waals surface area contributed by atoms with Crippen LogP contribution in [0.15, 0.2) is 42.2 Å². The molecule has 1 heterocycles. The minimum absolute atomic E-state index is 0.176. The van der Waals surface area contributed by atoms with Crippen molar-refractivity contribution in [2.45, 2.75) is 13.0 Å². The van der Waals surface area contributed by atoms with Crippen molar-refractivity contribution >= 4 is 34.6 Å². The number of rotatable bonds is 6. The Morgan fingerprint density at radius 3 is 2.95 bits per heavy atom. The Morgan fingerprint density at radius 1 is 1.74 bits per heavy atom. The molecule has 6 heteroatoms. The molecule has 0 aliphatic carbocycles. The van der Waals surface area contributed by atoms with Crippen molar-refractivity contribution in [1.82, 2.24) is 9.88 Å². The van der Waals surface area contributed by atoms with Crippen LogP contribution in [0, 0.1) is 5.41 Å². The predicted molar refractivity (Wildman–Crippen MR) is 77.3 cm³/mol. The number of carbonyl (C=O) groups excluding carboxylic acids is 1. The van der Waals surface area contributed by atoms with E-state index in [0.717, 1.165) is 0 Å². The average molecular weight is 279 g/mol. The van der Waals surface area contributed by atoms with Gasteiger partial charge in [-0.25, -0.2) is 0 Å². The van der Waals surface area contributed by atoms with Crippen LogP contribution in [0.3, 0.4) is 0 Å². The number of aliphatic imine (C=N–C) groups is 1. The van der Waals surface area contributed by atoms with Gasteiger partial charge in [-0.2, -0.15) is 0 Å². The van der Waals surface area contributed by atoms with E-state index < -0.39 is 6.04 Å². The highest BCUT2D eigenvalue weighted by Crippen LogP contribution is 2.10. The van der Waals surface area contributed by atoms with Crippen molar-refractivity contribution in [2.24, 2.45) is 4.99 Å². The Bertz CT molecular complexity index is 487. The number of carbonyl (C=O) groups is 1. The molecule has 0 saturated heterocycles. The fourth-order valence-electron chi connectivity index (χ4n) is 1.48. The molecule has 19 heavy (non-hydrogen) atoms. The Kier molecular flexibility index (Phi) is 5.89. The molecule has 0 bridgehead atoms. The topological polar surface area (TPSA) is 69.4 Å². The van der Waals surface area contributed by atoms with E-state index in [0.29, 0.717) is 12.2 Å². The van der Waals surface area contributed by atoms with Crippen molar-refractivity contribution in [1.29, 1.82) is 5.41 Å². The van der Waals surface area contributed by atoms with Crippen LogP contribution in [0.2, 0.25) is 0 Å². The van der Waals surface area contributed by atoms with Crippen molar-refractivity contribution in [3.63, 3.8) is 0 Å². The van der Waals surface area contributed by atoms with Crippen LogP contribution >= 0.6 is 11.6 Å². The van der Waals surface area contributed by atoms with Crippen molar-refractivity contribution in [3.8, 4) is 0 Å². The van der Waals surface area contributed by atoms with Gasteiger partial charge in [0.25, 0.3) is 0 Å². The Morgan fingerprint density at radius 2 is 2.47 bits per heavy atom. The number of hydrogen-bond acceptors (Lipinski definition) is 4. The molecule has 0 radical (unpaired) electrons. The highest BCUT2D eigenvalue weighted by molar-refractivity contribution is 6.67. The maximum absolute atomic E-state index is 11.7. The largest absolute Gasteiger partial charge is 0.325 e. The van der Waals surface area contributed by atoms with Gasteiger partial charge in [-0.05, 0) is 25.1 Å². The molecular weight excluding hydrogens is 264 g/mol. The number of pyridine rings is 1. The molecule has 0 saturated carbocycles. The van der Waals surface area contributed by atoms with Gasteiger partial charge in [-0.1, -0.05) is 18.2 Å². The summed E-state index contributed by atoms with van der Waals surface area (Å²) >= 11 is 5.73. The minimum atomic E-state index is -0.697. The zero-order valence-corrected chi connectivity index (χ0v) is 11.3. The molecule has 0 aliphatic rings. The second-order valence-corrected chi connectivity index (χ2v) is 4.02. The van der Waals surface area contributed by atoms with Gasteiger partial charge < -0.3 is 4.90 Å². The lowest BCUT2D eigenvalue weighted by atomic mass is 10.2. The fourth-order valence-corrected chi connectivity index (χ4v) is 1.65. The van der Waals surface area contributed by atoms with Crippen LogP contribution in [0.4, 0.5) is 5.69 Å². The number of halogens is 1. The predicted octanol–water partition coefficient (Wildman–Crippen LogP) is 2.40. The van der Waals surface area contributed by atoms with Gasteiger partial charge in [0, 0.05) is 19.0 Å². The third-order valence-electron chi connectivity index (χ3n) is 2.40. The van der Waals surface area contributed by atoms with E-state index in [1.165, 1.54) is 17.2 Å². The second kappa shape index (κ2) is 7.43. The maximum atomic E-state index is 11.7. The smallest absolute Gasteiger partial charge is 0.246 e. The molecule has 5 nitrogen and oxygen atoms in total. The molecule has 1 N–H and O–H groups in total. The first kappa shape index (κ1) is 15.0.